The smallest absolute Gasteiger partial charge is 0.237 e. The summed E-state index contributed by atoms with van der Waals surface area (Å²) in [5, 5.41) is 2.80. The molecule has 1 aromatic rings. The summed E-state index contributed by atoms with van der Waals surface area (Å²) in [6, 6.07) is 8.51. The molecule has 4 nitrogen and oxygen atoms in total. The van der Waals surface area contributed by atoms with Crippen molar-refractivity contribution in [2.75, 3.05) is 13.6 Å². The molecule has 1 aromatic carbocycles. The van der Waals surface area contributed by atoms with Crippen LogP contribution in [0.2, 0.25) is 0 Å². The molecule has 1 aliphatic heterocycles. The normalized spacial score (nSPS) is 22.6. The van der Waals surface area contributed by atoms with Gasteiger partial charge in [-0.1, -0.05) is 36.2 Å². The Balaban J connectivity index is 2.31. The Morgan fingerprint density at radius 3 is 2.57 bits per heavy atom. The number of nitrogens with one attached hydrogen (secondary N) is 1. The lowest BCUT2D eigenvalue weighted by Crippen LogP contribution is -2.53. The highest BCUT2D eigenvalue weighted by Crippen LogP contribution is 2.30. The molecule has 1 heterocycles. The van der Waals surface area contributed by atoms with Crippen LogP contribution in [0.1, 0.15) is 43.4 Å². The number of hydrogen-bond donors (Lipinski definition) is 2. The van der Waals surface area contributed by atoms with Gasteiger partial charge in [-0.05, 0) is 38.8 Å². The molecule has 3 atom stereocenters. The van der Waals surface area contributed by atoms with Crippen LogP contribution in [0.4, 0.5) is 0 Å². The molecule has 1 saturated heterocycles. The molecule has 21 heavy (non-hydrogen) atoms. The van der Waals surface area contributed by atoms with Crippen molar-refractivity contribution < 1.29 is 4.79 Å². The lowest BCUT2D eigenvalue weighted by Gasteiger charge is -2.42. The zero-order valence-electron chi connectivity index (χ0n) is 13.3. The van der Waals surface area contributed by atoms with Crippen LogP contribution in [0, 0.1) is 6.92 Å². The van der Waals surface area contributed by atoms with Crippen molar-refractivity contribution in [3.8, 4) is 0 Å². The summed E-state index contributed by atoms with van der Waals surface area (Å²) in [6.45, 7) is 5.04. The molecule has 0 saturated carbocycles. The minimum absolute atomic E-state index is 0.0158. The zero-order valence-corrected chi connectivity index (χ0v) is 13.3. The molecule has 2 rings (SSSR count). The SMILES string of the molecule is CNC(=O)C1CCCCN1C(c1ccc(C)cc1)C(C)N. The van der Waals surface area contributed by atoms with E-state index in [0.29, 0.717) is 0 Å². The second-order valence-corrected chi connectivity index (χ2v) is 6.08. The van der Waals surface area contributed by atoms with Crippen molar-refractivity contribution in [1.29, 1.82) is 0 Å². The maximum absolute atomic E-state index is 12.2. The number of hydrogen-bond acceptors (Lipinski definition) is 3. The van der Waals surface area contributed by atoms with E-state index in [4.69, 9.17) is 5.73 Å². The molecule has 0 aromatic heterocycles. The Bertz CT molecular complexity index is 469. The van der Waals surface area contributed by atoms with Gasteiger partial charge in [-0.2, -0.15) is 0 Å². The van der Waals surface area contributed by atoms with Gasteiger partial charge in [-0.15, -0.1) is 0 Å². The number of carbonyl (C=O) groups excluding carboxylic acids is 1. The average Bonchev–Trinajstić information content (AvgIpc) is 2.49. The molecule has 1 aliphatic rings. The number of nitrogens with zero attached hydrogens (tertiary/aromatic N) is 1. The largest absolute Gasteiger partial charge is 0.358 e. The Hall–Kier alpha value is -1.39. The molecule has 0 spiro atoms. The summed E-state index contributed by atoms with van der Waals surface area (Å²) in [6.07, 6.45) is 3.14. The highest BCUT2D eigenvalue weighted by Gasteiger charge is 2.35. The molecule has 116 valence electrons. The van der Waals surface area contributed by atoms with Gasteiger partial charge in [0.1, 0.15) is 0 Å². The number of aryl methyl sites for hydroxylation is 1. The van der Waals surface area contributed by atoms with Gasteiger partial charge in [0, 0.05) is 13.1 Å². The van der Waals surface area contributed by atoms with E-state index in [2.05, 4.69) is 41.4 Å². The van der Waals surface area contributed by atoms with E-state index in [1.165, 1.54) is 11.1 Å². The quantitative estimate of drug-likeness (QED) is 0.891. The highest BCUT2D eigenvalue weighted by atomic mass is 16.2. The number of piperidine rings is 1. The predicted molar refractivity (Wildman–Crippen MR) is 86.0 cm³/mol. The van der Waals surface area contributed by atoms with Gasteiger partial charge in [0.2, 0.25) is 5.91 Å². The zero-order chi connectivity index (χ0) is 15.4. The van der Waals surface area contributed by atoms with Crippen LogP contribution in [0.5, 0.6) is 0 Å². The van der Waals surface area contributed by atoms with Crippen molar-refractivity contribution in [2.24, 2.45) is 5.73 Å². The van der Waals surface area contributed by atoms with E-state index in [1.54, 1.807) is 7.05 Å². The molecule has 0 radical (unpaired) electrons. The van der Waals surface area contributed by atoms with E-state index >= 15 is 0 Å². The van der Waals surface area contributed by atoms with Crippen LogP contribution in [0.25, 0.3) is 0 Å². The standard InChI is InChI=1S/C17H27N3O/c1-12-7-9-14(10-8-12)16(13(2)18)20-11-5-4-6-15(20)17(21)19-3/h7-10,13,15-16H,4-6,11,18H2,1-3H3,(H,19,21). The van der Waals surface area contributed by atoms with E-state index in [9.17, 15) is 4.79 Å². The second-order valence-electron chi connectivity index (χ2n) is 6.08. The minimum Gasteiger partial charge on any atom is -0.358 e. The van der Waals surface area contributed by atoms with E-state index < -0.39 is 0 Å². The Morgan fingerprint density at radius 2 is 2.00 bits per heavy atom. The number of rotatable bonds is 4. The van der Waals surface area contributed by atoms with Crippen LogP contribution >= 0.6 is 0 Å². The van der Waals surface area contributed by atoms with E-state index in [-0.39, 0.29) is 24.0 Å². The van der Waals surface area contributed by atoms with Crippen LogP contribution in [0.15, 0.2) is 24.3 Å². The minimum atomic E-state index is -0.0685. The van der Waals surface area contributed by atoms with Gasteiger partial charge in [-0.3, -0.25) is 9.69 Å². The summed E-state index contributed by atoms with van der Waals surface area (Å²) >= 11 is 0. The monoisotopic (exact) mass is 289 g/mol. The second kappa shape index (κ2) is 7.05. The van der Waals surface area contributed by atoms with Crippen molar-refractivity contribution >= 4 is 5.91 Å². The summed E-state index contributed by atoms with van der Waals surface area (Å²) in [7, 11) is 1.71. The number of carbonyl (C=O) groups is 1. The Morgan fingerprint density at radius 1 is 1.33 bits per heavy atom. The molecule has 3 N–H and O–H groups in total. The first-order valence-electron chi connectivity index (χ1n) is 7.84. The van der Waals surface area contributed by atoms with Crippen molar-refractivity contribution in [3.05, 3.63) is 35.4 Å². The highest BCUT2D eigenvalue weighted by molar-refractivity contribution is 5.81. The molecule has 1 amide bonds. The molecule has 1 fully saturated rings. The molecule has 0 bridgehead atoms. The van der Waals surface area contributed by atoms with Crippen molar-refractivity contribution in [3.63, 3.8) is 0 Å². The van der Waals surface area contributed by atoms with Crippen molar-refractivity contribution in [2.45, 2.75) is 51.2 Å². The summed E-state index contributed by atoms with van der Waals surface area (Å²) in [5.41, 5.74) is 8.71. The Kier molecular flexibility index (Phi) is 5.37. The summed E-state index contributed by atoms with van der Waals surface area (Å²) in [4.78, 5) is 14.5. The third-order valence-corrected chi connectivity index (χ3v) is 4.37. The fraction of sp³-hybridized carbons (Fsp3) is 0.588. The van der Waals surface area contributed by atoms with Gasteiger partial charge >= 0.3 is 0 Å². The molecule has 3 unspecified atom stereocenters. The first-order valence-corrected chi connectivity index (χ1v) is 7.84. The molecule has 0 aliphatic carbocycles. The predicted octanol–water partition coefficient (Wildman–Crippen LogP) is 1.98. The number of benzene rings is 1. The van der Waals surface area contributed by atoms with Gasteiger partial charge in [0.25, 0.3) is 0 Å². The summed E-state index contributed by atoms with van der Waals surface area (Å²) < 4.78 is 0. The molecular weight excluding hydrogens is 262 g/mol. The number of likely N-dealkylation sites (N-methyl/N-ethyl adjacent to an activating group) is 1. The third kappa shape index (κ3) is 3.63. The first kappa shape index (κ1) is 16.0. The van der Waals surface area contributed by atoms with E-state index in [1.807, 2.05) is 6.92 Å². The lowest BCUT2D eigenvalue weighted by molar-refractivity contribution is -0.128. The van der Waals surface area contributed by atoms with Gasteiger partial charge < -0.3 is 11.1 Å². The van der Waals surface area contributed by atoms with E-state index in [0.717, 1.165) is 25.8 Å². The van der Waals surface area contributed by atoms with Gasteiger partial charge in [-0.25, -0.2) is 0 Å². The average molecular weight is 289 g/mol. The molecular formula is C17H27N3O. The lowest BCUT2D eigenvalue weighted by atomic mass is 9.92. The number of nitrogens with two attached hydrogens (primary N) is 1. The summed E-state index contributed by atoms with van der Waals surface area (Å²) in [5.74, 6) is 0.104. The third-order valence-electron chi connectivity index (χ3n) is 4.37. The fourth-order valence-electron chi connectivity index (χ4n) is 3.30. The molecule has 4 heteroatoms. The Labute approximate surface area is 127 Å². The topological polar surface area (TPSA) is 58.4 Å². The van der Waals surface area contributed by atoms with Gasteiger partial charge in [0.15, 0.2) is 0 Å². The fourth-order valence-corrected chi connectivity index (χ4v) is 3.30. The van der Waals surface area contributed by atoms with Crippen LogP contribution in [-0.2, 0) is 4.79 Å². The van der Waals surface area contributed by atoms with Crippen LogP contribution < -0.4 is 11.1 Å². The van der Waals surface area contributed by atoms with Crippen molar-refractivity contribution in [1.82, 2.24) is 10.2 Å². The number of likely N-dealkylation sites (tertiary alicyclic amines) is 1. The maximum atomic E-state index is 12.2. The number of amides is 1. The van der Waals surface area contributed by atoms with Crippen LogP contribution in [0.3, 0.4) is 0 Å². The van der Waals surface area contributed by atoms with Crippen LogP contribution in [-0.4, -0.2) is 36.5 Å². The first-order chi connectivity index (χ1) is 10.0. The maximum Gasteiger partial charge on any atom is 0.237 e. The van der Waals surface area contributed by atoms with Gasteiger partial charge in [0.05, 0.1) is 12.1 Å².